The maximum atomic E-state index is 11.1. The van der Waals surface area contributed by atoms with E-state index < -0.39 is 0 Å². The summed E-state index contributed by atoms with van der Waals surface area (Å²) in [7, 11) is 0. The Labute approximate surface area is 81.1 Å². The molecule has 0 atom stereocenters. The number of nitrogen functional groups attached to an aromatic ring is 1. The van der Waals surface area contributed by atoms with Gasteiger partial charge in [-0.05, 0) is 0 Å². The molecule has 1 fully saturated rings. The first kappa shape index (κ1) is 9.01. The molecule has 0 unspecified atom stereocenters. The lowest BCUT2D eigenvalue weighted by molar-refractivity contribution is 0.579. The van der Waals surface area contributed by atoms with Gasteiger partial charge >= 0.3 is 0 Å². The standard InChI is InChI=1S/C8H13N5O/c9-6-5-7(14)12-8(11-6)13-3-1-10-2-4-13/h5,10H,1-4H2,(H3,9,11,12,14). The number of hydrogen-bond donors (Lipinski definition) is 3. The number of hydrogen-bond acceptors (Lipinski definition) is 5. The first-order valence-corrected chi connectivity index (χ1v) is 4.58. The Hall–Kier alpha value is -1.56. The van der Waals surface area contributed by atoms with Crippen LogP contribution in [0.25, 0.3) is 0 Å². The summed E-state index contributed by atoms with van der Waals surface area (Å²) in [4.78, 5) is 19.9. The molecule has 0 saturated carbocycles. The van der Waals surface area contributed by atoms with Gasteiger partial charge in [-0.2, -0.15) is 4.98 Å². The highest BCUT2D eigenvalue weighted by Gasteiger charge is 2.12. The van der Waals surface area contributed by atoms with Gasteiger partial charge in [-0.15, -0.1) is 0 Å². The summed E-state index contributed by atoms with van der Waals surface area (Å²) in [6, 6.07) is 1.28. The first-order valence-electron chi connectivity index (χ1n) is 4.58. The predicted octanol–water partition coefficient (Wildman–Crippen LogP) is -1.24. The summed E-state index contributed by atoms with van der Waals surface area (Å²) < 4.78 is 0. The van der Waals surface area contributed by atoms with Crippen molar-refractivity contribution in [2.75, 3.05) is 36.8 Å². The molecule has 1 aliphatic rings. The van der Waals surface area contributed by atoms with Crippen molar-refractivity contribution in [1.29, 1.82) is 0 Å². The lowest BCUT2D eigenvalue weighted by atomic mass is 10.4. The Balaban J connectivity index is 2.26. The molecule has 2 heterocycles. The van der Waals surface area contributed by atoms with Crippen LogP contribution >= 0.6 is 0 Å². The van der Waals surface area contributed by atoms with E-state index in [2.05, 4.69) is 15.3 Å². The molecular weight excluding hydrogens is 182 g/mol. The van der Waals surface area contributed by atoms with E-state index in [1.807, 2.05) is 4.90 Å². The second-order valence-corrected chi connectivity index (χ2v) is 3.23. The van der Waals surface area contributed by atoms with E-state index in [1.165, 1.54) is 6.07 Å². The Morgan fingerprint density at radius 3 is 2.79 bits per heavy atom. The van der Waals surface area contributed by atoms with E-state index in [0.29, 0.717) is 5.95 Å². The summed E-state index contributed by atoms with van der Waals surface area (Å²) in [6.07, 6.45) is 0. The van der Waals surface area contributed by atoms with E-state index in [-0.39, 0.29) is 11.4 Å². The lowest BCUT2D eigenvalue weighted by Crippen LogP contribution is -2.44. The number of aromatic amines is 1. The van der Waals surface area contributed by atoms with Gasteiger partial charge in [0.2, 0.25) is 5.95 Å². The number of anilines is 2. The minimum Gasteiger partial charge on any atom is -0.383 e. The van der Waals surface area contributed by atoms with Crippen LogP contribution in [-0.4, -0.2) is 36.1 Å². The van der Waals surface area contributed by atoms with Gasteiger partial charge < -0.3 is 16.0 Å². The fourth-order valence-electron chi connectivity index (χ4n) is 1.49. The summed E-state index contributed by atoms with van der Waals surface area (Å²) >= 11 is 0. The number of nitrogens with two attached hydrogens (primary N) is 1. The van der Waals surface area contributed by atoms with Gasteiger partial charge in [0.25, 0.3) is 5.56 Å². The maximum Gasteiger partial charge on any atom is 0.254 e. The molecule has 0 aliphatic carbocycles. The molecule has 0 aromatic carbocycles. The second kappa shape index (κ2) is 3.67. The molecule has 14 heavy (non-hydrogen) atoms. The SMILES string of the molecule is Nc1cc(=O)[nH]c(N2CCNCC2)n1. The first-order chi connectivity index (χ1) is 6.75. The van der Waals surface area contributed by atoms with Gasteiger partial charge in [0, 0.05) is 32.2 Å². The van der Waals surface area contributed by atoms with E-state index in [1.54, 1.807) is 0 Å². The molecule has 0 radical (unpaired) electrons. The molecule has 6 heteroatoms. The summed E-state index contributed by atoms with van der Waals surface area (Å²) in [5.74, 6) is 0.832. The fourth-order valence-corrected chi connectivity index (χ4v) is 1.49. The maximum absolute atomic E-state index is 11.1. The monoisotopic (exact) mass is 195 g/mol. The van der Waals surface area contributed by atoms with Crippen LogP contribution in [0.1, 0.15) is 0 Å². The van der Waals surface area contributed by atoms with Crippen LogP contribution < -0.4 is 21.5 Å². The highest BCUT2D eigenvalue weighted by molar-refractivity contribution is 5.38. The molecule has 1 aliphatic heterocycles. The Kier molecular flexibility index (Phi) is 2.36. The van der Waals surface area contributed by atoms with Gasteiger partial charge in [0.1, 0.15) is 5.82 Å². The van der Waals surface area contributed by atoms with E-state index in [0.717, 1.165) is 26.2 Å². The Morgan fingerprint density at radius 1 is 1.43 bits per heavy atom. The minimum atomic E-state index is -0.203. The highest BCUT2D eigenvalue weighted by Crippen LogP contribution is 2.06. The minimum absolute atomic E-state index is 0.203. The van der Waals surface area contributed by atoms with E-state index in [4.69, 9.17) is 5.73 Å². The van der Waals surface area contributed by atoms with Crippen molar-refractivity contribution < 1.29 is 0 Å². The number of H-pyrrole nitrogens is 1. The lowest BCUT2D eigenvalue weighted by Gasteiger charge is -2.27. The normalized spacial score (nSPS) is 17.0. The van der Waals surface area contributed by atoms with Crippen molar-refractivity contribution >= 4 is 11.8 Å². The van der Waals surface area contributed by atoms with Gasteiger partial charge in [0.05, 0.1) is 0 Å². The molecule has 6 nitrogen and oxygen atoms in total. The van der Waals surface area contributed by atoms with Crippen LogP contribution in [0.15, 0.2) is 10.9 Å². The molecule has 0 amide bonds. The largest absolute Gasteiger partial charge is 0.383 e. The Bertz CT molecular complexity index is 368. The smallest absolute Gasteiger partial charge is 0.254 e. The van der Waals surface area contributed by atoms with Gasteiger partial charge in [0.15, 0.2) is 0 Å². The third kappa shape index (κ3) is 1.85. The van der Waals surface area contributed by atoms with Crippen molar-refractivity contribution in [2.24, 2.45) is 0 Å². The number of rotatable bonds is 1. The zero-order chi connectivity index (χ0) is 9.97. The van der Waals surface area contributed by atoms with Crippen LogP contribution in [0.3, 0.4) is 0 Å². The van der Waals surface area contributed by atoms with Gasteiger partial charge in [-0.25, -0.2) is 0 Å². The molecule has 0 spiro atoms. The van der Waals surface area contributed by atoms with Crippen molar-refractivity contribution in [2.45, 2.75) is 0 Å². The average molecular weight is 195 g/mol. The third-order valence-electron chi connectivity index (χ3n) is 2.17. The average Bonchev–Trinajstić information content (AvgIpc) is 2.18. The highest BCUT2D eigenvalue weighted by atomic mass is 16.1. The Morgan fingerprint density at radius 2 is 2.14 bits per heavy atom. The van der Waals surface area contributed by atoms with Crippen molar-refractivity contribution in [3.63, 3.8) is 0 Å². The van der Waals surface area contributed by atoms with Crippen molar-refractivity contribution in [3.05, 3.63) is 16.4 Å². The zero-order valence-electron chi connectivity index (χ0n) is 7.79. The molecule has 4 N–H and O–H groups in total. The molecule has 1 aromatic heterocycles. The number of aromatic nitrogens is 2. The molecule has 76 valence electrons. The fraction of sp³-hybridized carbons (Fsp3) is 0.500. The number of piperazine rings is 1. The molecule has 2 rings (SSSR count). The van der Waals surface area contributed by atoms with Crippen molar-refractivity contribution in [3.8, 4) is 0 Å². The topological polar surface area (TPSA) is 87.0 Å². The van der Waals surface area contributed by atoms with Gasteiger partial charge in [-0.1, -0.05) is 0 Å². The van der Waals surface area contributed by atoms with Gasteiger partial charge in [-0.3, -0.25) is 9.78 Å². The predicted molar refractivity (Wildman–Crippen MR) is 54.4 cm³/mol. The summed E-state index contributed by atoms with van der Waals surface area (Å²) in [6.45, 7) is 3.48. The van der Waals surface area contributed by atoms with Crippen LogP contribution in [0.5, 0.6) is 0 Å². The van der Waals surface area contributed by atoms with Crippen LogP contribution in [0.2, 0.25) is 0 Å². The van der Waals surface area contributed by atoms with Crippen molar-refractivity contribution in [1.82, 2.24) is 15.3 Å². The summed E-state index contributed by atoms with van der Waals surface area (Å²) in [5.41, 5.74) is 5.29. The quantitative estimate of drug-likeness (QED) is 0.522. The number of nitrogens with zero attached hydrogens (tertiary/aromatic N) is 2. The summed E-state index contributed by atoms with van der Waals surface area (Å²) in [5, 5.41) is 3.22. The van der Waals surface area contributed by atoms with Crippen LogP contribution in [-0.2, 0) is 0 Å². The molecule has 1 aromatic rings. The molecule has 0 bridgehead atoms. The zero-order valence-corrected chi connectivity index (χ0v) is 7.79. The van der Waals surface area contributed by atoms with E-state index >= 15 is 0 Å². The third-order valence-corrected chi connectivity index (χ3v) is 2.17. The van der Waals surface area contributed by atoms with Crippen LogP contribution in [0.4, 0.5) is 11.8 Å². The number of nitrogens with one attached hydrogen (secondary N) is 2. The molecular formula is C8H13N5O. The van der Waals surface area contributed by atoms with Crippen LogP contribution in [0, 0.1) is 0 Å². The second-order valence-electron chi connectivity index (χ2n) is 3.23. The van der Waals surface area contributed by atoms with E-state index in [9.17, 15) is 4.79 Å². The molecule has 1 saturated heterocycles.